The molecule has 2 atom stereocenters. The summed E-state index contributed by atoms with van der Waals surface area (Å²) < 4.78 is 0. The van der Waals surface area contributed by atoms with Crippen LogP contribution in [0, 0.1) is 5.92 Å². The Morgan fingerprint density at radius 1 is 1.00 bits per heavy atom. The first kappa shape index (κ1) is 12.9. The van der Waals surface area contributed by atoms with Gasteiger partial charge in [-0.15, -0.1) is 0 Å². The molecule has 2 nitrogen and oxygen atoms in total. The summed E-state index contributed by atoms with van der Waals surface area (Å²) in [5, 5.41) is 10.8. The molecule has 1 aliphatic carbocycles. The summed E-state index contributed by atoms with van der Waals surface area (Å²) in [5.74, 6) is 0.921. The fraction of sp³-hybridized carbons (Fsp3) is 1.00. The average molecular weight is 251 g/mol. The minimum absolute atomic E-state index is 0.317. The first-order valence-electron chi connectivity index (χ1n) is 8.22. The van der Waals surface area contributed by atoms with E-state index in [-0.39, 0.29) is 5.60 Å². The van der Waals surface area contributed by atoms with Crippen molar-refractivity contribution in [3.8, 4) is 0 Å². The highest BCUT2D eigenvalue weighted by atomic mass is 16.3. The van der Waals surface area contributed by atoms with Crippen molar-refractivity contribution in [3.63, 3.8) is 0 Å². The lowest BCUT2D eigenvalue weighted by Crippen LogP contribution is -2.47. The molecule has 2 unspecified atom stereocenters. The highest BCUT2D eigenvalue weighted by molar-refractivity contribution is 4.94. The van der Waals surface area contributed by atoms with E-state index in [0.717, 1.165) is 31.7 Å². The smallest absolute Gasteiger partial charge is 0.0675 e. The molecule has 0 aromatic carbocycles. The van der Waals surface area contributed by atoms with E-state index in [9.17, 15) is 5.11 Å². The van der Waals surface area contributed by atoms with Crippen molar-refractivity contribution >= 4 is 0 Å². The van der Waals surface area contributed by atoms with Gasteiger partial charge >= 0.3 is 0 Å². The van der Waals surface area contributed by atoms with Gasteiger partial charge < -0.3 is 10.0 Å². The molecule has 0 amide bonds. The molecule has 2 aliphatic heterocycles. The second-order valence-corrected chi connectivity index (χ2v) is 7.05. The van der Waals surface area contributed by atoms with Gasteiger partial charge in [0.15, 0.2) is 0 Å². The lowest BCUT2D eigenvalue weighted by molar-refractivity contribution is -0.0464. The Bertz CT molecular complexity index is 274. The summed E-state index contributed by atoms with van der Waals surface area (Å²) in [4.78, 5) is 2.61. The minimum Gasteiger partial charge on any atom is -0.390 e. The van der Waals surface area contributed by atoms with E-state index >= 15 is 0 Å². The van der Waals surface area contributed by atoms with Crippen LogP contribution in [0.15, 0.2) is 0 Å². The van der Waals surface area contributed by atoms with Crippen LogP contribution in [0.4, 0.5) is 0 Å². The zero-order chi connectivity index (χ0) is 12.4. The standard InChI is InChI=1S/C16H29NO/c18-16(9-8-14-5-2-1-3-6-14)10-12-17-11-4-7-15(17)13-16/h14-15,18H,1-13H2. The molecule has 3 rings (SSSR count). The van der Waals surface area contributed by atoms with Gasteiger partial charge in [0.2, 0.25) is 0 Å². The van der Waals surface area contributed by atoms with Gasteiger partial charge in [0.1, 0.15) is 0 Å². The molecule has 1 N–H and O–H groups in total. The SMILES string of the molecule is OC1(CCC2CCCCC2)CCN2CCCC2C1. The summed E-state index contributed by atoms with van der Waals surface area (Å²) in [6.07, 6.45) is 14.3. The highest BCUT2D eigenvalue weighted by Crippen LogP contribution is 2.38. The van der Waals surface area contributed by atoms with Crippen LogP contribution in [-0.2, 0) is 0 Å². The molecule has 2 heterocycles. The van der Waals surface area contributed by atoms with Crippen LogP contribution >= 0.6 is 0 Å². The topological polar surface area (TPSA) is 23.5 Å². The lowest BCUT2D eigenvalue weighted by Gasteiger charge is -2.41. The van der Waals surface area contributed by atoms with Gasteiger partial charge in [-0.05, 0) is 51.0 Å². The third-order valence-corrected chi connectivity index (χ3v) is 5.72. The van der Waals surface area contributed by atoms with Crippen molar-refractivity contribution in [2.75, 3.05) is 13.1 Å². The molecule has 3 fully saturated rings. The van der Waals surface area contributed by atoms with Crippen molar-refractivity contribution < 1.29 is 5.11 Å². The number of aliphatic hydroxyl groups is 1. The average Bonchev–Trinajstić information content (AvgIpc) is 2.85. The molecule has 0 aromatic heterocycles. The Morgan fingerprint density at radius 3 is 2.67 bits per heavy atom. The van der Waals surface area contributed by atoms with Crippen molar-refractivity contribution in [1.29, 1.82) is 0 Å². The highest BCUT2D eigenvalue weighted by Gasteiger charge is 2.40. The van der Waals surface area contributed by atoms with Crippen LogP contribution in [0.2, 0.25) is 0 Å². The van der Waals surface area contributed by atoms with Crippen LogP contribution < -0.4 is 0 Å². The summed E-state index contributed by atoms with van der Waals surface area (Å²) in [5.41, 5.74) is -0.317. The normalized spacial score (nSPS) is 38.8. The molecule has 2 heteroatoms. The molecule has 1 saturated carbocycles. The first-order chi connectivity index (χ1) is 8.75. The molecular formula is C16H29NO. The third kappa shape index (κ3) is 2.91. The monoisotopic (exact) mass is 251 g/mol. The van der Waals surface area contributed by atoms with E-state index < -0.39 is 0 Å². The van der Waals surface area contributed by atoms with E-state index in [1.165, 1.54) is 57.9 Å². The van der Waals surface area contributed by atoms with Gasteiger partial charge in [0.05, 0.1) is 5.60 Å². The Labute approximate surface area is 112 Å². The summed E-state index contributed by atoms with van der Waals surface area (Å²) in [6, 6.07) is 0.704. The van der Waals surface area contributed by atoms with Crippen LogP contribution in [-0.4, -0.2) is 34.7 Å². The van der Waals surface area contributed by atoms with Gasteiger partial charge in [-0.1, -0.05) is 32.1 Å². The molecule has 0 bridgehead atoms. The maximum absolute atomic E-state index is 10.8. The number of nitrogens with zero attached hydrogens (tertiary/aromatic N) is 1. The number of fused-ring (bicyclic) bond motifs is 1. The van der Waals surface area contributed by atoms with Crippen LogP contribution in [0.1, 0.15) is 70.6 Å². The third-order valence-electron chi connectivity index (χ3n) is 5.72. The zero-order valence-corrected chi connectivity index (χ0v) is 11.7. The van der Waals surface area contributed by atoms with Crippen molar-refractivity contribution in [1.82, 2.24) is 4.90 Å². The molecule has 2 saturated heterocycles. The molecular weight excluding hydrogens is 222 g/mol. The number of rotatable bonds is 3. The second kappa shape index (κ2) is 5.50. The van der Waals surface area contributed by atoms with Crippen molar-refractivity contribution in [3.05, 3.63) is 0 Å². The largest absolute Gasteiger partial charge is 0.390 e. The van der Waals surface area contributed by atoms with Crippen LogP contribution in [0.5, 0.6) is 0 Å². The van der Waals surface area contributed by atoms with Crippen LogP contribution in [0.3, 0.4) is 0 Å². The van der Waals surface area contributed by atoms with Gasteiger partial charge in [0, 0.05) is 12.6 Å². The van der Waals surface area contributed by atoms with E-state index in [1.807, 2.05) is 0 Å². The first-order valence-corrected chi connectivity index (χ1v) is 8.22. The van der Waals surface area contributed by atoms with E-state index in [1.54, 1.807) is 0 Å². The van der Waals surface area contributed by atoms with Gasteiger partial charge in [-0.2, -0.15) is 0 Å². The van der Waals surface area contributed by atoms with Crippen LogP contribution in [0.25, 0.3) is 0 Å². The summed E-state index contributed by atoms with van der Waals surface area (Å²) in [7, 11) is 0. The predicted octanol–water partition coefficient (Wildman–Crippen LogP) is 3.34. The van der Waals surface area contributed by atoms with E-state index in [0.29, 0.717) is 6.04 Å². The summed E-state index contributed by atoms with van der Waals surface area (Å²) >= 11 is 0. The lowest BCUT2D eigenvalue weighted by atomic mass is 9.78. The Kier molecular flexibility index (Phi) is 3.95. The summed E-state index contributed by atoms with van der Waals surface area (Å²) in [6.45, 7) is 2.43. The van der Waals surface area contributed by atoms with E-state index in [2.05, 4.69) is 4.90 Å². The number of piperidine rings is 1. The Morgan fingerprint density at radius 2 is 1.83 bits per heavy atom. The van der Waals surface area contributed by atoms with Crippen molar-refractivity contribution in [2.45, 2.75) is 82.3 Å². The van der Waals surface area contributed by atoms with E-state index in [4.69, 9.17) is 0 Å². The Balaban J connectivity index is 1.48. The second-order valence-electron chi connectivity index (χ2n) is 7.05. The number of hydrogen-bond acceptors (Lipinski definition) is 2. The molecule has 0 radical (unpaired) electrons. The maximum Gasteiger partial charge on any atom is 0.0675 e. The zero-order valence-electron chi connectivity index (χ0n) is 11.7. The number of hydrogen-bond donors (Lipinski definition) is 1. The predicted molar refractivity (Wildman–Crippen MR) is 74.6 cm³/mol. The fourth-order valence-electron chi connectivity index (χ4n) is 4.49. The minimum atomic E-state index is -0.317. The van der Waals surface area contributed by atoms with Gasteiger partial charge in [-0.25, -0.2) is 0 Å². The Hall–Kier alpha value is -0.0800. The molecule has 104 valence electrons. The molecule has 3 aliphatic rings. The fourth-order valence-corrected chi connectivity index (χ4v) is 4.49. The molecule has 0 aromatic rings. The van der Waals surface area contributed by atoms with Gasteiger partial charge in [0.25, 0.3) is 0 Å². The molecule has 0 spiro atoms. The van der Waals surface area contributed by atoms with Crippen molar-refractivity contribution in [2.24, 2.45) is 5.92 Å². The van der Waals surface area contributed by atoms with Gasteiger partial charge in [-0.3, -0.25) is 0 Å². The molecule has 18 heavy (non-hydrogen) atoms. The maximum atomic E-state index is 10.8. The quantitative estimate of drug-likeness (QED) is 0.831.